The average Bonchev–Trinajstić information content (AvgIpc) is 3.32. The van der Waals surface area contributed by atoms with Gasteiger partial charge in [0.2, 0.25) is 5.60 Å². The van der Waals surface area contributed by atoms with Crippen LogP contribution in [-0.2, 0) is 37.8 Å². The molecule has 0 bridgehead atoms. The molecule has 0 aromatic heterocycles. The monoisotopic (exact) mass is 628 g/mol. The number of halogens is 1. The van der Waals surface area contributed by atoms with E-state index < -0.39 is 35.4 Å². The lowest BCUT2D eigenvalue weighted by Crippen LogP contribution is -2.60. The van der Waals surface area contributed by atoms with Gasteiger partial charge in [-0.2, -0.15) is 0 Å². The number of amides is 1. The van der Waals surface area contributed by atoms with Crippen molar-refractivity contribution in [2.75, 3.05) is 11.5 Å². The van der Waals surface area contributed by atoms with Crippen LogP contribution in [0, 0.1) is 12.7 Å². The molecular weight excluding hydrogens is 591 g/mol. The van der Waals surface area contributed by atoms with Crippen LogP contribution in [0.5, 0.6) is 0 Å². The molecule has 47 heavy (non-hydrogen) atoms. The zero-order chi connectivity index (χ0) is 32.8. The number of rotatable bonds is 12. The van der Waals surface area contributed by atoms with Crippen LogP contribution < -0.4 is 10.2 Å². The van der Waals surface area contributed by atoms with Crippen molar-refractivity contribution in [2.45, 2.75) is 44.7 Å². The lowest BCUT2D eigenvalue weighted by atomic mass is 9.85. The number of carbonyl (C=O) groups is 2. The minimum Gasteiger partial charge on any atom is -0.465 e. The van der Waals surface area contributed by atoms with Gasteiger partial charge in [0, 0.05) is 5.56 Å². The lowest BCUT2D eigenvalue weighted by Gasteiger charge is -2.38. The predicted octanol–water partition coefficient (Wildman–Crippen LogP) is 7.40. The van der Waals surface area contributed by atoms with Gasteiger partial charge in [0.05, 0.1) is 31.5 Å². The molecule has 7 heteroatoms. The van der Waals surface area contributed by atoms with E-state index in [2.05, 4.69) is 5.32 Å². The first-order valence-electron chi connectivity index (χ1n) is 15.8. The smallest absolute Gasteiger partial charge is 0.327 e. The average molecular weight is 629 g/mol. The molecule has 0 saturated heterocycles. The van der Waals surface area contributed by atoms with Gasteiger partial charge < -0.3 is 14.4 Å². The van der Waals surface area contributed by atoms with E-state index in [1.807, 2.05) is 122 Å². The molecule has 0 spiro atoms. The van der Waals surface area contributed by atoms with Crippen LogP contribution in [0.15, 0.2) is 133 Å². The molecule has 1 amide bonds. The molecule has 238 valence electrons. The van der Waals surface area contributed by atoms with E-state index in [1.54, 1.807) is 17.9 Å². The Morgan fingerprint density at radius 1 is 0.830 bits per heavy atom. The van der Waals surface area contributed by atoms with Crippen molar-refractivity contribution in [3.63, 3.8) is 0 Å². The molecule has 1 aliphatic heterocycles. The second kappa shape index (κ2) is 14.1. The second-order valence-electron chi connectivity index (χ2n) is 11.6. The largest absolute Gasteiger partial charge is 0.465 e. The van der Waals surface area contributed by atoms with Crippen molar-refractivity contribution in [3.8, 4) is 0 Å². The van der Waals surface area contributed by atoms with Crippen LogP contribution in [0.25, 0.3) is 0 Å². The summed E-state index contributed by atoms with van der Waals surface area (Å²) in [5, 5.41) is 3.51. The fraction of sp³-hybridized carbons (Fsp3) is 0.200. The summed E-state index contributed by atoms with van der Waals surface area (Å²) in [4.78, 5) is 31.0. The van der Waals surface area contributed by atoms with E-state index in [0.29, 0.717) is 5.69 Å². The van der Waals surface area contributed by atoms with Gasteiger partial charge in [-0.15, -0.1) is 0 Å². The maximum Gasteiger partial charge on any atom is 0.327 e. The first-order valence-corrected chi connectivity index (χ1v) is 15.8. The zero-order valence-corrected chi connectivity index (χ0v) is 26.4. The van der Waals surface area contributed by atoms with Crippen molar-refractivity contribution in [2.24, 2.45) is 0 Å². The number of esters is 1. The summed E-state index contributed by atoms with van der Waals surface area (Å²) in [7, 11) is 0. The summed E-state index contributed by atoms with van der Waals surface area (Å²) in [6.45, 7) is 3.94. The van der Waals surface area contributed by atoms with E-state index in [-0.39, 0.29) is 25.3 Å². The van der Waals surface area contributed by atoms with Gasteiger partial charge >= 0.3 is 5.97 Å². The minimum absolute atomic E-state index is 0.00747. The third-order valence-electron chi connectivity index (χ3n) is 8.64. The summed E-state index contributed by atoms with van der Waals surface area (Å²) in [6, 6.07) is 38.9. The molecule has 6 nitrogen and oxygen atoms in total. The molecule has 1 heterocycles. The highest BCUT2D eigenvalue weighted by Gasteiger charge is 2.60. The minimum atomic E-state index is -1.98. The fourth-order valence-electron chi connectivity index (χ4n) is 6.27. The number of benzene rings is 5. The number of nitrogens with zero attached hydrogens (tertiary/aromatic N) is 1. The molecule has 1 unspecified atom stereocenters. The Bertz CT molecular complexity index is 1790. The van der Waals surface area contributed by atoms with Gasteiger partial charge in [0.15, 0.2) is 0 Å². The highest BCUT2D eigenvalue weighted by atomic mass is 19.1. The number of fused-ring (bicyclic) bond motifs is 1. The van der Waals surface area contributed by atoms with E-state index in [0.717, 1.165) is 27.8 Å². The SMILES string of the molecule is CCOC(=O)C(NC(c1ccccc1)c1ccccc1)[C@]1(OCc2ccccc2C)C(=O)N(Cc2ccccc2)c2ccc(F)cc21. The van der Waals surface area contributed by atoms with Gasteiger partial charge in [-0.3, -0.25) is 14.9 Å². The van der Waals surface area contributed by atoms with Crippen LogP contribution in [0.2, 0.25) is 0 Å². The lowest BCUT2D eigenvalue weighted by molar-refractivity contribution is -0.169. The Balaban J connectivity index is 1.55. The molecule has 5 aromatic carbocycles. The second-order valence-corrected chi connectivity index (χ2v) is 11.6. The van der Waals surface area contributed by atoms with Gasteiger partial charge in [0.1, 0.15) is 11.9 Å². The van der Waals surface area contributed by atoms with Crippen molar-refractivity contribution >= 4 is 17.6 Å². The third-order valence-corrected chi connectivity index (χ3v) is 8.64. The highest BCUT2D eigenvalue weighted by Crippen LogP contribution is 2.48. The highest BCUT2D eigenvalue weighted by molar-refractivity contribution is 6.10. The molecule has 6 rings (SSSR count). The predicted molar refractivity (Wildman–Crippen MR) is 180 cm³/mol. The number of nitrogens with one attached hydrogen (secondary N) is 1. The fourth-order valence-corrected chi connectivity index (χ4v) is 6.27. The topological polar surface area (TPSA) is 67.9 Å². The summed E-state index contributed by atoms with van der Waals surface area (Å²) < 4.78 is 27.8. The maximum atomic E-state index is 15.3. The van der Waals surface area contributed by atoms with E-state index >= 15 is 9.18 Å². The van der Waals surface area contributed by atoms with E-state index in [9.17, 15) is 4.79 Å². The van der Waals surface area contributed by atoms with Crippen molar-refractivity contribution in [1.29, 1.82) is 0 Å². The van der Waals surface area contributed by atoms with Crippen molar-refractivity contribution in [3.05, 3.63) is 173 Å². The van der Waals surface area contributed by atoms with Gasteiger partial charge in [-0.05, 0) is 59.9 Å². The van der Waals surface area contributed by atoms with E-state index in [4.69, 9.17) is 9.47 Å². The normalized spacial score (nSPS) is 16.3. The van der Waals surface area contributed by atoms with Crippen molar-refractivity contribution in [1.82, 2.24) is 5.32 Å². The summed E-state index contributed by atoms with van der Waals surface area (Å²) in [6.07, 6.45) is 0. The number of anilines is 1. The standard InChI is InChI=1S/C40H37FN2O4/c1-3-46-38(44)37(42-36(30-18-9-5-10-19-30)31-20-11-6-12-21-31)40(47-27-32-22-14-13-15-28(32)2)34-25-33(41)23-24-35(34)43(39(40)45)26-29-16-7-4-8-17-29/h4-25,36-37,42H,3,26-27H2,1-2H3/t37?,40-/m0/s1. The van der Waals surface area contributed by atoms with Gasteiger partial charge in [-0.25, -0.2) is 4.39 Å². The van der Waals surface area contributed by atoms with E-state index in [1.165, 1.54) is 12.1 Å². The summed E-state index contributed by atoms with van der Waals surface area (Å²) in [5.74, 6) is -1.72. The van der Waals surface area contributed by atoms with Crippen LogP contribution in [0.1, 0.15) is 46.3 Å². The third kappa shape index (κ3) is 6.45. The Kier molecular flexibility index (Phi) is 9.57. The van der Waals surface area contributed by atoms with Crippen LogP contribution >= 0.6 is 0 Å². The first-order chi connectivity index (χ1) is 22.9. The number of ether oxygens (including phenoxy) is 2. The molecular formula is C40H37FN2O4. The molecule has 0 aliphatic carbocycles. The van der Waals surface area contributed by atoms with Gasteiger partial charge in [-0.1, -0.05) is 115 Å². The number of carbonyl (C=O) groups excluding carboxylic acids is 2. The number of hydrogen-bond acceptors (Lipinski definition) is 5. The molecule has 5 aromatic rings. The molecule has 1 aliphatic rings. The Morgan fingerprint density at radius 3 is 2.04 bits per heavy atom. The van der Waals surface area contributed by atoms with Crippen LogP contribution in [-0.4, -0.2) is 24.5 Å². The number of hydrogen-bond donors (Lipinski definition) is 1. The maximum absolute atomic E-state index is 15.3. The van der Waals surface area contributed by atoms with Crippen LogP contribution in [0.4, 0.5) is 10.1 Å². The Hall–Kier alpha value is -5.11. The number of aryl methyl sites for hydroxylation is 1. The quantitative estimate of drug-likeness (QED) is 0.146. The summed E-state index contributed by atoms with van der Waals surface area (Å²) >= 11 is 0. The first kappa shape index (κ1) is 31.9. The van der Waals surface area contributed by atoms with Crippen LogP contribution in [0.3, 0.4) is 0 Å². The Morgan fingerprint density at radius 2 is 1.43 bits per heavy atom. The molecule has 0 fully saturated rings. The Labute approximate surface area is 274 Å². The molecule has 0 radical (unpaired) electrons. The molecule has 0 saturated carbocycles. The van der Waals surface area contributed by atoms with Crippen molar-refractivity contribution < 1.29 is 23.5 Å². The van der Waals surface area contributed by atoms with Gasteiger partial charge in [0.25, 0.3) is 5.91 Å². The zero-order valence-electron chi connectivity index (χ0n) is 26.4. The molecule has 2 atom stereocenters. The summed E-state index contributed by atoms with van der Waals surface area (Å²) in [5.41, 5.74) is 3.15. The molecule has 1 N–H and O–H groups in total.